The highest BCUT2D eigenvalue weighted by Gasteiger charge is 2.40. The van der Waals surface area contributed by atoms with Crippen LogP contribution in [0.3, 0.4) is 0 Å². The maximum Gasteiger partial charge on any atom is 0.0220 e. The van der Waals surface area contributed by atoms with Gasteiger partial charge in [-0.3, -0.25) is 0 Å². The van der Waals surface area contributed by atoms with Crippen molar-refractivity contribution in [2.75, 3.05) is 7.05 Å². The van der Waals surface area contributed by atoms with Crippen molar-refractivity contribution < 1.29 is 0 Å². The Kier molecular flexibility index (Phi) is 2.83. The summed E-state index contributed by atoms with van der Waals surface area (Å²) in [6.07, 6.45) is 3.84. The Balaban J connectivity index is 2.04. The predicted octanol–water partition coefficient (Wildman–Crippen LogP) is 3.10. The molecule has 1 heteroatoms. The van der Waals surface area contributed by atoms with Crippen LogP contribution in [0, 0.1) is 0 Å². The second-order valence-corrected chi connectivity index (χ2v) is 5.10. The largest absolute Gasteiger partial charge is 0.314 e. The molecule has 0 amide bonds. The van der Waals surface area contributed by atoms with E-state index in [9.17, 15) is 0 Å². The van der Waals surface area contributed by atoms with Gasteiger partial charge in [0.1, 0.15) is 0 Å². The predicted molar refractivity (Wildman–Crippen MR) is 65.3 cm³/mol. The fourth-order valence-corrected chi connectivity index (χ4v) is 2.08. The summed E-state index contributed by atoms with van der Waals surface area (Å²) in [7, 11) is 2.08. The zero-order valence-electron chi connectivity index (χ0n) is 10.0. The molecule has 0 unspecified atom stereocenters. The Hall–Kier alpha value is -0.820. The number of hydrogen-bond acceptors (Lipinski definition) is 1. The molecule has 82 valence electrons. The lowest BCUT2D eigenvalue weighted by atomic mass is 9.98. The molecule has 1 N–H and O–H groups in total. The van der Waals surface area contributed by atoms with Crippen LogP contribution in [-0.2, 0) is 6.42 Å². The monoisotopic (exact) mass is 203 g/mol. The minimum Gasteiger partial charge on any atom is -0.314 e. The van der Waals surface area contributed by atoms with Gasteiger partial charge in [-0.1, -0.05) is 38.1 Å². The van der Waals surface area contributed by atoms with Crippen LogP contribution in [0.25, 0.3) is 0 Å². The van der Waals surface area contributed by atoms with Crippen molar-refractivity contribution in [3.63, 3.8) is 0 Å². The Labute approximate surface area is 92.9 Å². The number of likely N-dealkylation sites (N-methyl/N-ethyl adjacent to an activating group) is 1. The average Bonchev–Trinajstić information content (AvgIpc) is 2.99. The van der Waals surface area contributed by atoms with E-state index in [0.29, 0.717) is 11.5 Å². The van der Waals surface area contributed by atoms with Gasteiger partial charge in [-0.15, -0.1) is 0 Å². The zero-order chi connectivity index (χ0) is 10.9. The van der Waals surface area contributed by atoms with Gasteiger partial charge in [0, 0.05) is 5.54 Å². The van der Waals surface area contributed by atoms with Gasteiger partial charge in [0.05, 0.1) is 0 Å². The molecule has 1 nitrogen and oxygen atoms in total. The van der Waals surface area contributed by atoms with Gasteiger partial charge in [0.2, 0.25) is 0 Å². The number of nitrogens with one attached hydrogen (secondary N) is 1. The van der Waals surface area contributed by atoms with Crippen LogP contribution >= 0.6 is 0 Å². The van der Waals surface area contributed by atoms with Gasteiger partial charge in [0.25, 0.3) is 0 Å². The molecule has 0 bridgehead atoms. The Morgan fingerprint density at radius 3 is 2.20 bits per heavy atom. The van der Waals surface area contributed by atoms with Crippen molar-refractivity contribution in [1.29, 1.82) is 0 Å². The van der Waals surface area contributed by atoms with E-state index in [0.717, 1.165) is 0 Å². The highest BCUT2D eigenvalue weighted by Crippen LogP contribution is 2.38. The van der Waals surface area contributed by atoms with Crippen LogP contribution in [0.15, 0.2) is 24.3 Å². The molecule has 0 aliphatic heterocycles. The number of benzene rings is 1. The van der Waals surface area contributed by atoms with E-state index >= 15 is 0 Å². The van der Waals surface area contributed by atoms with Crippen molar-refractivity contribution in [3.8, 4) is 0 Å². The lowest BCUT2D eigenvalue weighted by Crippen LogP contribution is -2.29. The van der Waals surface area contributed by atoms with E-state index in [-0.39, 0.29) is 0 Å². The molecule has 0 heterocycles. The quantitative estimate of drug-likeness (QED) is 0.793. The van der Waals surface area contributed by atoms with Crippen molar-refractivity contribution in [2.45, 2.75) is 44.6 Å². The summed E-state index contributed by atoms with van der Waals surface area (Å²) in [5.41, 5.74) is 3.33. The molecule has 1 aromatic carbocycles. The van der Waals surface area contributed by atoms with Crippen molar-refractivity contribution in [2.24, 2.45) is 0 Å². The fourth-order valence-electron chi connectivity index (χ4n) is 2.08. The molecule has 15 heavy (non-hydrogen) atoms. The van der Waals surface area contributed by atoms with Crippen molar-refractivity contribution >= 4 is 0 Å². The summed E-state index contributed by atoms with van der Waals surface area (Å²) in [6.45, 7) is 4.48. The normalized spacial score (nSPS) is 18.1. The molecule has 0 atom stereocenters. The first-order chi connectivity index (χ1) is 7.15. The lowest BCUT2D eigenvalue weighted by Gasteiger charge is -2.14. The van der Waals surface area contributed by atoms with Crippen LogP contribution in [0.4, 0.5) is 0 Å². The molecule has 0 radical (unpaired) electrons. The average molecular weight is 203 g/mol. The molecule has 1 aliphatic rings. The highest BCUT2D eigenvalue weighted by molar-refractivity contribution is 5.27. The van der Waals surface area contributed by atoms with E-state index in [1.165, 1.54) is 30.4 Å². The first-order valence-electron chi connectivity index (χ1n) is 5.93. The summed E-state index contributed by atoms with van der Waals surface area (Å²) in [5, 5.41) is 3.44. The first-order valence-corrected chi connectivity index (χ1v) is 5.93. The summed E-state index contributed by atoms with van der Waals surface area (Å²) in [6, 6.07) is 9.11. The van der Waals surface area contributed by atoms with Crippen LogP contribution in [0.5, 0.6) is 0 Å². The smallest absolute Gasteiger partial charge is 0.0220 e. The van der Waals surface area contributed by atoms with Crippen LogP contribution < -0.4 is 5.32 Å². The SMILES string of the molecule is CNC1(Cc2ccc(C(C)C)cc2)CC1. The van der Waals surface area contributed by atoms with Crippen LogP contribution in [0.1, 0.15) is 43.7 Å². The Bertz CT molecular complexity index is 320. The Morgan fingerprint density at radius 2 is 1.80 bits per heavy atom. The van der Waals surface area contributed by atoms with Gasteiger partial charge in [-0.2, -0.15) is 0 Å². The van der Waals surface area contributed by atoms with Crippen molar-refractivity contribution in [1.82, 2.24) is 5.32 Å². The highest BCUT2D eigenvalue weighted by atomic mass is 15.0. The molecule has 0 spiro atoms. The maximum atomic E-state index is 3.44. The maximum absolute atomic E-state index is 3.44. The second-order valence-electron chi connectivity index (χ2n) is 5.10. The zero-order valence-corrected chi connectivity index (χ0v) is 10.0. The number of rotatable bonds is 4. The molecular weight excluding hydrogens is 182 g/mol. The molecule has 1 saturated carbocycles. The van der Waals surface area contributed by atoms with E-state index < -0.39 is 0 Å². The van der Waals surface area contributed by atoms with Gasteiger partial charge in [-0.25, -0.2) is 0 Å². The summed E-state index contributed by atoms with van der Waals surface area (Å²) < 4.78 is 0. The summed E-state index contributed by atoms with van der Waals surface area (Å²) in [4.78, 5) is 0. The second kappa shape index (κ2) is 3.97. The van der Waals surface area contributed by atoms with Crippen LogP contribution in [0.2, 0.25) is 0 Å². The molecule has 2 rings (SSSR count). The lowest BCUT2D eigenvalue weighted by molar-refractivity contribution is 0.548. The molecular formula is C14H21N. The first kappa shape index (κ1) is 10.7. The van der Waals surface area contributed by atoms with Gasteiger partial charge in [0.15, 0.2) is 0 Å². The summed E-state index contributed by atoms with van der Waals surface area (Å²) in [5.74, 6) is 0.637. The third-order valence-corrected chi connectivity index (χ3v) is 3.57. The topological polar surface area (TPSA) is 12.0 Å². The van der Waals surface area contributed by atoms with Crippen molar-refractivity contribution in [3.05, 3.63) is 35.4 Å². The third-order valence-electron chi connectivity index (χ3n) is 3.57. The minimum atomic E-state index is 0.430. The van der Waals surface area contributed by atoms with E-state index in [1.54, 1.807) is 0 Å². The fraction of sp³-hybridized carbons (Fsp3) is 0.571. The molecule has 1 fully saturated rings. The van der Waals surface area contributed by atoms with E-state index in [1.807, 2.05) is 0 Å². The molecule has 1 aromatic rings. The molecule has 1 aliphatic carbocycles. The van der Waals surface area contributed by atoms with Gasteiger partial charge in [-0.05, 0) is 43.4 Å². The van der Waals surface area contributed by atoms with E-state index in [4.69, 9.17) is 0 Å². The minimum absolute atomic E-state index is 0.430. The van der Waals surface area contributed by atoms with Crippen LogP contribution in [-0.4, -0.2) is 12.6 Å². The number of hydrogen-bond donors (Lipinski definition) is 1. The molecule has 0 saturated heterocycles. The summed E-state index contributed by atoms with van der Waals surface area (Å²) >= 11 is 0. The standard InChI is InChI=1S/C14H21N/c1-11(2)13-6-4-12(5-7-13)10-14(15-3)8-9-14/h4-7,11,15H,8-10H2,1-3H3. The van der Waals surface area contributed by atoms with Gasteiger partial charge < -0.3 is 5.32 Å². The van der Waals surface area contributed by atoms with E-state index in [2.05, 4.69) is 50.5 Å². The third kappa shape index (κ3) is 2.40. The Morgan fingerprint density at radius 1 is 1.20 bits per heavy atom. The molecule has 0 aromatic heterocycles. The van der Waals surface area contributed by atoms with Gasteiger partial charge >= 0.3 is 0 Å².